The smallest absolute Gasteiger partial charge is 0.337 e. The van der Waals surface area contributed by atoms with Gasteiger partial charge in [-0.05, 0) is 24.3 Å². The van der Waals surface area contributed by atoms with Crippen LogP contribution in [0.15, 0.2) is 36.4 Å². The monoisotopic (exact) mass is 370 g/mol. The number of rotatable bonds is 3. The lowest BCUT2D eigenvalue weighted by Crippen LogP contribution is -2.15. The molecular weight excluding hydrogens is 356 g/mol. The maximum absolute atomic E-state index is 12.4. The van der Waals surface area contributed by atoms with Crippen molar-refractivity contribution in [2.45, 2.75) is 0 Å². The minimum absolute atomic E-state index is 0.308. The van der Waals surface area contributed by atoms with Crippen molar-refractivity contribution in [2.24, 2.45) is 0 Å². The van der Waals surface area contributed by atoms with Gasteiger partial charge in [-0.25, -0.2) is 9.78 Å². The number of nitrogens with one attached hydrogen (secondary N) is 1. The molecule has 0 radical (unpaired) electrons. The molecular formula is C18H14N2O5S. The zero-order valence-electron chi connectivity index (χ0n) is 13.8. The fraction of sp³-hybridized carbons (Fsp3) is 0.167. The van der Waals surface area contributed by atoms with Gasteiger partial charge in [0.25, 0.3) is 5.91 Å². The Bertz CT molecular complexity index is 954. The maximum atomic E-state index is 12.4. The Morgan fingerprint density at radius 2 is 1.73 bits per heavy atom. The van der Waals surface area contributed by atoms with Gasteiger partial charge >= 0.3 is 5.97 Å². The highest BCUT2D eigenvalue weighted by Crippen LogP contribution is 2.37. The number of benzene rings is 2. The number of anilines is 1. The summed E-state index contributed by atoms with van der Waals surface area (Å²) in [5.74, 6) is 0.586. The molecule has 1 amide bonds. The number of esters is 1. The number of hydrogen-bond acceptors (Lipinski definition) is 7. The first-order valence-electron chi connectivity index (χ1n) is 7.84. The SMILES string of the molecule is COC(=O)c1ccc(C(=O)Nc2nc3cc4c(cc3s2)OCCO4)cc1. The summed E-state index contributed by atoms with van der Waals surface area (Å²) in [5, 5.41) is 3.25. The summed E-state index contributed by atoms with van der Waals surface area (Å²) >= 11 is 1.35. The molecule has 0 unspecified atom stereocenters. The second kappa shape index (κ2) is 6.64. The lowest BCUT2D eigenvalue weighted by Gasteiger charge is -2.17. The molecule has 1 aliphatic heterocycles. The molecule has 0 spiro atoms. The van der Waals surface area contributed by atoms with Crippen LogP contribution in [0.4, 0.5) is 5.13 Å². The van der Waals surface area contributed by atoms with Crippen molar-refractivity contribution in [1.29, 1.82) is 0 Å². The van der Waals surface area contributed by atoms with Gasteiger partial charge in [-0.3, -0.25) is 10.1 Å². The molecule has 1 N–H and O–H groups in total. The molecule has 3 aromatic rings. The average Bonchev–Trinajstić information content (AvgIpc) is 3.06. The van der Waals surface area contributed by atoms with Crippen LogP contribution in [0.5, 0.6) is 11.5 Å². The van der Waals surface area contributed by atoms with Gasteiger partial charge in [-0.2, -0.15) is 0 Å². The number of thiazole rings is 1. The molecule has 0 aliphatic carbocycles. The molecule has 0 bridgehead atoms. The summed E-state index contributed by atoms with van der Waals surface area (Å²) in [6.07, 6.45) is 0. The summed E-state index contributed by atoms with van der Waals surface area (Å²) < 4.78 is 16.6. The number of hydrogen-bond donors (Lipinski definition) is 1. The van der Waals surface area contributed by atoms with Gasteiger partial charge in [0, 0.05) is 17.7 Å². The molecule has 1 aliphatic rings. The van der Waals surface area contributed by atoms with Crippen molar-refractivity contribution >= 4 is 38.6 Å². The van der Waals surface area contributed by atoms with E-state index in [1.165, 1.54) is 18.4 Å². The van der Waals surface area contributed by atoms with E-state index in [-0.39, 0.29) is 5.91 Å². The Hall–Kier alpha value is -3.13. The summed E-state index contributed by atoms with van der Waals surface area (Å²) in [4.78, 5) is 28.3. The lowest BCUT2D eigenvalue weighted by atomic mass is 10.1. The predicted molar refractivity (Wildman–Crippen MR) is 96.3 cm³/mol. The van der Waals surface area contributed by atoms with Crippen molar-refractivity contribution in [3.05, 3.63) is 47.5 Å². The summed E-state index contributed by atoms with van der Waals surface area (Å²) in [6.45, 7) is 1.02. The van der Waals surface area contributed by atoms with Gasteiger partial charge in [-0.15, -0.1) is 0 Å². The number of carbonyl (C=O) groups is 2. The van der Waals surface area contributed by atoms with E-state index >= 15 is 0 Å². The van der Waals surface area contributed by atoms with E-state index in [9.17, 15) is 9.59 Å². The Balaban J connectivity index is 1.54. The third kappa shape index (κ3) is 3.06. The number of fused-ring (bicyclic) bond motifs is 2. The Morgan fingerprint density at radius 3 is 2.42 bits per heavy atom. The number of amides is 1. The van der Waals surface area contributed by atoms with Crippen LogP contribution < -0.4 is 14.8 Å². The van der Waals surface area contributed by atoms with Gasteiger partial charge in [0.1, 0.15) is 13.2 Å². The zero-order chi connectivity index (χ0) is 18.1. The largest absolute Gasteiger partial charge is 0.486 e. The standard InChI is InChI=1S/C18H14N2O5S/c1-23-17(22)11-4-2-10(3-5-11)16(21)20-18-19-12-8-13-14(9-15(12)26-18)25-7-6-24-13/h2-5,8-9H,6-7H2,1H3,(H,19,20,21). The number of methoxy groups -OCH3 is 1. The highest BCUT2D eigenvalue weighted by molar-refractivity contribution is 7.22. The average molecular weight is 370 g/mol. The Kier molecular flexibility index (Phi) is 4.18. The minimum atomic E-state index is -0.448. The fourth-order valence-corrected chi connectivity index (χ4v) is 3.43. The van der Waals surface area contributed by atoms with Crippen LogP contribution in [-0.4, -0.2) is 37.2 Å². The Labute approximate surface area is 152 Å². The van der Waals surface area contributed by atoms with Crippen LogP contribution in [0, 0.1) is 0 Å². The van der Waals surface area contributed by atoms with Crippen molar-refractivity contribution < 1.29 is 23.8 Å². The molecule has 0 fully saturated rings. The maximum Gasteiger partial charge on any atom is 0.337 e. The zero-order valence-corrected chi connectivity index (χ0v) is 14.6. The third-order valence-electron chi connectivity index (χ3n) is 3.84. The van der Waals surface area contributed by atoms with Crippen LogP contribution in [-0.2, 0) is 4.74 Å². The number of aromatic nitrogens is 1. The summed E-state index contributed by atoms with van der Waals surface area (Å²) in [6, 6.07) is 9.89. The second-order valence-corrected chi connectivity index (χ2v) is 6.54. The van der Waals surface area contributed by atoms with Crippen LogP contribution in [0.3, 0.4) is 0 Å². The summed E-state index contributed by atoms with van der Waals surface area (Å²) in [7, 11) is 1.31. The molecule has 0 atom stereocenters. The van der Waals surface area contributed by atoms with Crippen molar-refractivity contribution in [2.75, 3.05) is 25.6 Å². The van der Waals surface area contributed by atoms with Gasteiger partial charge in [-0.1, -0.05) is 11.3 Å². The van der Waals surface area contributed by atoms with E-state index in [0.717, 1.165) is 10.2 Å². The van der Waals surface area contributed by atoms with Crippen LogP contribution in [0.25, 0.3) is 10.2 Å². The first kappa shape index (κ1) is 16.3. The molecule has 0 saturated heterocycles. The van der Waals surface area contributed by atoms with Crippen LogP contribution >= 0.6 is 11.3 Å². The van der Waals surface area contributed by atoms with E-state index in [2.05, 4.69) is 15.0 Å². The Morgan fingerprint density at radius 1 is 1.08 bits per heavy atom. The normalized spacial score (nSPS) is 12.7. The fourth-order valence-electron chi connectivity index (χ4n) is 2.56. The third-order valence-corrected chi connectivity index (χ3v) is 4.77. The quantitative estimate of drug-likeness (QED) is 0.713. The molecule has 26 heavy (non-hydrogen) atoms. The first-order valence-corrected chi connectivity index (χ1v) is 8.65. The van der Waals surface area contributed by atoms with Crippen LogP contribution in [0.1, 0.15) is 20.7 Å². The van der Waals surface area contributed by atoms with Gasteiger partial charge in [0.15, 0.2) is 16.6 Å². The topological polar surface area (TPSA) is 86.8 Å². The van der Waals surface area contributed by atoms with Crippen molar-refractivity contribution in [3.63, 3.8) is 0 Å². The molecule has 1 aromatic heterocycles. The minimum Gasteiger partial charge on any atom is -0.486 e. The highest BCUT2D eigenvalue weighted by Gasteiger charge is 2.16. The van der Waals surface area contributed by atoms with Crippen molar-refractivity contribution in [1.82, 2.24) is 4.98 Å². The van der Waals surface area contributed by atoms with Gasteiger partial charge in [0.05, 0.1) is 22.9 Å². The van der Waals surface area contributed by atoms with Crippen molar-refractivity contribution in [3.8, 4) is 11.5 Å². The molecule has 0 saturated carbocycles. The molecule has 2 aromatic carbocycles. The van der Waals surface area contributed by atoms with E-state index < -0.39 is 5.97 Å². The van der Waals surface area contributed by atoms with E-state index in [1.54, 1.807) is 30.3 Å². The molecule has 7 nitrogen and oxygen atoms in total. The lowest BCUT2D eigenvalue weighted by molar-refractivity contribution is 0.0600. The van der Waals surface area contributed by atoms with Gasteiger partial charge < -0.3 is 14.2 Å². The first-order chi connectivity index (χ1) is 12.6. The number of nitrogens with zero attached hydrogens (tertiary/aromatic N) is 1. The molecule has 2 heterocycles. The van der Waals surface area contributed by atoms with Crippen LogP contribution in [0.2, 0.25) is 0 Å². The molecule has 132 valence electrons. The molecule has 4 rings (SSSR count). The predicted octanol–water partition coefficient (Wildman–Crippen LogP) is 3.11. The summed E-state index contributed by atoms with van der Waals surface area (Å²) in [5.41, 5.74) is 1.54. The highest BCUT2D eigenvalue weighted by atomic mass is 32.1. The van der Waals surface area contributed by atoms with E-state index in [1.807, 2.05) is 6.07 Å². The van der Waals surface area contributed by atoms with E-state index in [0.29, 0.717) is 41.0 Å². The van der Waals surface area contributed by atoms with Gasteiger partial charge in [0.2, 0.25) is 0 Å². The number of carbonyl (C=O) groups excluding carboxylic acids is 2. The van der Waals surface area contributed by atoms with E-state index in [4.69, 9.17) is 9.47 Å². The second-order valence-electron chi connectivity index (χ2n) is 5.51. The molecule has 8 heteroatoms. The number of ether oxygens (including phenoxy) is 3.